The molecule has 1 aromatic rings. The Morgan fingerprint density at radius 2 is 1.95 bits per heavy atom. The highest BCUT2D eigenvalue weighted by Crippen LogP contribution is 2.24. The standard InChI is InChI=1S/C15H23N3O3/c1-9(2)8-17-14(19)10(3)18(4)13-6-5-11(16)7-12(13)15(20)21/h5-7,9-10H,8,16H2,1-4H3,(H,17,19)(H,20,21). The smallest absolute Gasteiger partial charge is 0.337 e. The van der Waals surface area contributed by atoms with Crippen LogP contribution in [0.2, 0.25) is 0 Å². The molecule has 0 bridgehead atoms. The lowest BCUT2D eigenvalue weighted by molar-refractivity contribution is -0.122. The van der Waals surface area contributed by atoms with E-state index in [1.165, 1.54) is 6.07 Å². The van der Waals surface area contributed by atoms with Crippen molar-refractivity contribution in [2.75, 3.05) is 24.2 Å². The summed E-state index contributed by atoms with van der Waals surface area (Å²) >= 11 is 0. The number of hydrogen-bond acceptors (Lipinski definition) is 4. The average molecular weight is 293 g/mol. The van der Waals surface area contributed by atoms with Gasteiger partial charge in [0.25, 0.3) is 0 Å². The van der Waals surface area contributed by atoms with Gasteiger partial charge in [-0.3, -0.25) is 4.79 Å². The summed E-state index contributed by atoms with van der Waals surface area (Å²) in [7, 11) is 1.69. The van der Waals surface area contributed by atoms with Crippen LogP contribution in [0.5, 0.6) is 0 Å². The number of nitrogen functional groups attached to an aromatic ring is 1. The van der Waals surface area contributed by atoms with E-state index in [0.717, 1.165) is 0 Å². The molecule has 6 nitrogen and oxygen atoms in total. The molecule has 116 valence electrons. The maximum absolute atomic E-state index is 12.1. The van der Waals surface area contributed by atoms with Crippen molar-refractivity contribution in [3.05, 3.63) is 23.8 Å². The number of amides is 1. The summed E-state index contributed by atoms with van der Waals surface area (Å²) in [6.45, 7) is 6.34. The van der Waals surface area contributed by atoms with Crippen molar-refractivity contribution in [3.8, 4) is 0 Å². The second kappa shape index (κ2) is 6.97. The van der Waals surface area contributed by atoms with Gasteiger partial charge in [0, 0.05) is 19.3 Å². The number of nitrogens with two attached hydrogens (primary N) is 1. The molecule has 4 N–H and O–H groups in total. The van der Waals surface area contributed by atoms with Gasteiger partial charge < -0.3 is 21.1 Å². The molecule has 6 heteroatoms. The van der Waals surface area contributed by atoms with Crippen molar-refractivity contribution >= 4 is 23.3 Å². The molecule has 0 saturated carbocycles. The number of likely N-dealkylation sites (N-methyl/N-ethyl adjacent to an activating group) is 1. The van der Waals surface area contributed by atoms with Gasteiger partial charge in [-0.25, -0.2) is 4.79 Å². The number of anilines is 2. The van der Waals surface area contributed by atoms with Crippen LogP contribution in [-0.4, -0.2) is 36.6 Å². The highest BCUT2D eigenvalue weighted by atomic mass is 16.4. The van der Waals surface area contributed by atoms with Gasteiger partial charge in [-0.1, -0.05) is 13.8 Å². The third-order valence-corrected chi connectivity index (χ3v) is 3.28. The molecule has 0 aliphatic heterocycles. The van der Waals surface area contributed by atoms with Crippen molar-refractivity contribution in [2.24, 2.45) is 5.92 Å². The highest BCUT2D eigenvalue weighted by Gasteiger charge is 2.22. The third kappa shape index (κ3) is 4.37. The van der Waals surface area contributed by atoms with E-state index >= 15 is 0 Å². The monoisotopic (exact) mass is 293 g/mol. The summed E-state index contributed by atoms with van der Waals surface area (Å²) in [5.41, 5.74) is 6.54. The van der Waals surface area contributed by atoms with Crippen LogP contribution in [0, 0.1) is 5.92 Å². The molecule has 0 saturated heterocycles. The Hall–Kier alpha value is -2.24. The lowest BCUT2D eigenvalue weighted by Crippen LogP contribution is -2.44. The minimum Gasteiger partial charge on any atom is -0.478 e. The van der Waals surface area contributed by atoms with Crippen LogP contribution in [0.15, 0.2) is 18.2 Å². The van der Waals surface area contributed by atoms with Gasteiger partial charge in [0.15, 0.2) is 0 Å². The van der Waals surface area contributed by atoms with Crippen molar-refractivity contribution in [1.82, 2.24) is 5.32 Å². The zero-order chi connectivity index (χ0) is 16.2. The molecule has 0 fully saturated rings. The predicted octanol–water partition coefficient (Wildman–Crippen LogP) is 1.56. The topological polar surface area (TPSA) is 95.7 Å². The second-order valence-corrected chi connectivity index (χ2v) is 5.51. The molecule has 1 amide bonds. The van der Waals surface area contributed by atoms with Crippen LogP contribution < -0.4 is 16.0 Å². The number of carbonyl (C=O) groups excluding carboxylic acids is 1. The molecule has 0 aromatic heterocycles. The van der Waals surface area contributed by atoms with Crippen LogP contribution in [0.1, 0.15) is 31.1 Å². The van der Waals surface area contributed by atoms with Crippen molar-refractivity contribution in [2.45, 2.75) is 26.8 Å². The number of nitrogens with one attached hydrogen (secondary N) is 1. The summed E-state index contributed by atoms with van der Waals surface area (Å²) in [6, 6.07) is 4.15. The molecule has 0 aliphatic carbocycles. The lowest BCUT2D eigenvalue weighted by atomic mass is 10.1. The minimum atomic E-state index is -1.07. The number of carbonyl (C=O) groups is 2. The zero-order valence-corrected chi connectivity index (χ0v) is 12.9. The maximum atomic E-state index is 12.1. The normalized spacial score (nSPS) is 12.0. The van der Waals surface area contributed by atoms with Gasteiger partial charge in [0.1, 0.15) is 6.04 Å². The molecule has 0 heterocycles. The first kappa shape index (κ1) is 16.8. The molecule has 0 spiro atoms. The molecule has 1 atom stereocenters. The van der Waals surface area contributed by atoms with Crippen LogP contribution in [0.3, 0.4) is 0 Å². The summed E-state index contributed by atoms with van der Waals surface area (Å²) in [5, 5.41) is 12.1. The lowest BCUT2D eigenvalue weighted by Gasteiger charge is -2.27. The first-order chi connectivity index (χ1) is 9.73. The van der Waals surface area contributed by atoms with Crippen LogP contribution >= 0.6 is 0 Å². The van der Waals surface area contributed by atoms with Gasteiger partial charge in [-0.05, 0) is 31.0 Å². The largest absolute Gasteiger partial charge is 0.478 e. The fraction of sp³-hybridized carbons (Fsp3) is 0.467. The number of carboxylic acids is 1. The Kier molecular flexibility index (Phi) is 5.58. The second-order valence-electron chi connectivity index (χ2n) is 5.51. The Balaban J connectivity index is 2.94. The molecular formula is C15H23N3O3. The van der Waals surface area contributed by atoms with Crippen LogP contribution in [0.25, 0.3) is 0 Å². The Labute approximate surface area is 124 Å². The Morgan fingerprint density at radius 3 is 2.48 bits per heavy atom. The van der Waals surface area contributed by atoms with E-state index in [9.17, 15) is 14.7 Å². The molecule has 0 aliphatic rings. The van der Waals surface area contributed by atoms with E-state index in [1.54, 1.807) is 31.0 Å². The maximum Gasteiger partial charge on any atom is 0.337 e. The Morgan fingerprint density at radius 1 is 1.33 bits per heavy atom. The third-order valence-electron chi connectivity index (χ3n) is 3.28. The first-order valence-corrected chi connectivity index (χ1v) is 6.87. The average Bonchev–Trinajstić information content (AvgIpc) is 2.42. The quantitative estimate of drug-likeness (QED) is 0.692. The van der Waals surface area contributed by atoms with E-state index in [1.807, 2.05) is 13.8 Å². The summed E-state index contributed by atoms with van der Waals surface area (Å²) in [4.78, 5) is 25.0. The van der Waals surface area contributed by atoms with Gasteiger partial charge in [0.2, 0.25) is 5.91 Å². The molecule has 1 aromatic carbocycles. The Bertz CT molecular complexity index is 529. The number of carboxylic acid groups (broad SMARTS) is 1. The summed E-state index contributed by atoms with van der Waals surface area (Å²) in [6.07, 6.45) is 0. The fourth-order valence-corrected chi connectivity index (χ4v) is 1.87. The molecule has 1 unspecified atom stereocenters. The van der Waals surface area contributed by atoms with Gasteiger partial charge in [0.05, 0.1) is 11.3 Å². The van der Waals surface area contributed by atoms with Crippen LogP contribution in [-0.2, 0) is 4.79 Å². The summed E-state index contributed by atoms with van der Waals surface area (Å²) < 4.78 is 0. The summed E-state index contributed by atoms with van der Waals surface area (Å²) in [5.74, 6) is -0.851. The van der Waals surface area contributed by atoms with E-state index in [0.29, 0.717) is 23.8 Å². The van der Waals surface area contributed by atoms with E-state index < -0.39 is 12.0 Å². The predicted molar refractivity (Wildman–Crippen MR) is 83.5 cm³/mol. The van der Waals surface area contributed by atoms with Crippen molar-refractivity contribution in [1.29, 1.82) is 0 Å². The SMILES string of the molecule is CC(C)CNC(=O)C(C)N(C)c1ccc(N)cc1C(=O)O. The highest BCUT2D eigenvalue weighted by molar-refractivity contribution is 5.97. The van der Waals surface area contributed by atoms with E-state index in [-0.39, 0.29) is 11.5 Å². The molecular weight excluding hydrogens is 270 g/mol. The number of hydrogen-bond donors (Lipinski definition) is 3. The van der Waals surface area contributed by atoms with Crippen molar-refractivity contribution < 1.29 is 14.7 Å². The van der Waals surface area contributed by atoms with Gasteiger partial charge in [-0.15, -0.1) is 0 Å². The molecule has 21 heavy (non-hydrogen) atoms. The fourth-order valence-electron chi connectivity index (χ4n) is 1.87. The number of nitrogens with zero attached hydrogens (tertiary/aromatic N) is 1. The van der Waals surface area contributed by atoms with E-state index in [2.05, 4.69) is 5.32 Å². The van der Waals surface area contributed by atoms with E-state index in [4.69, 9.17) is 5.73 Å². The minimum absolute atomic E-state index is 0.0843. The number of benzene rings is 1. The number of rotatable bonds is 6. The van der Waals surface area contributed by atoms with Gasteiger partial charge in [-0.2, -0.15) is 0 Å². The zero-order valence-electron chi connectivity index (χ0n) is 12.9. The van der Waals surface area contributed by atoms with Crippen molar-refractivity contribution in [3.63, 3.8) is 0 Å². The van der Waals surface area contributed by atoms with Crippen LogP contribution in [0.4, 0.5) is 11.4 Å². The first-order valence-electron chi connectivity index (χ1n) is 6.87. The van der Waals surface area contributed by atoms with Gasteiger partial charge >= 0.3 is 5.97 Å². The molecule has 1 rings (SSSR count). The number of aromatic carboxylic acids is 1. The molecule has 0 radical (unpaired) electrons.